The first-order valence-corrected chi connectivity index (χ1v) is 8.94. The first-order valence-electron chi connectivity index (χ1n) is 8.94. The summed E-state index contributed by atoms with van der Waals surface area (Å²) in [4.78, 5) is 14.9. The van der Waals surface area contributed by atoms with Gasteiger partial charge in [0, 0.05) is 37.5 Å². The number of amides is 1. The Labute approximate surface area is 145 Å². The van der Waals surface area contributed by atoms with Crippen LogP contribution >= 0.6 is 0 Å². The molecule has 130 valence electrons. The molecule has 1 aliphatic carbocycles. The van der Waals surface area contributed by atoms with Crippen molar-refractivity contribution in [3.63, 3.8) is 0 Å². The van der Waals surface area contributed by atoms with E-state index in [0.717, 1.165) is 37.2 Å². The summed E-state index contributed by atoms with van der Waals surface area (Å²) in [6.45, 7) is 2.40. The third-order valence-electron chi connectivity index (χ3n) is 5.75. The lowest BCUT2D eigenvalue weighted by atomic mass is 9.89. The van der Waals surface area contributed by atoms with E-state index in [9.17, 15) is 9.18 Å². The van der Waals surface area contributed by atoms with Gasteiger partial charge in [-0.25, -0.2) is 4.39 Å². The highest BCUT2D eigenvalue weighted by Crippen LogP contribution is 2.44. The van der Waals surface area contributed by atoms with Gasteiger partial charge in [0.1, 0.15) is 5.82 Å². The van der Waals surface area contributed by atoms with Crippen molar-refractivity contribution in [2.24, 2.45) is 11.8 Å². The summed E-state index contributed by atoms with van der Waals surface area (Å²) < 4.78 is 19.1. The largest absolute Gasteiger partial charge is 0.351 e. The Hall–Kier alpha value is -2.21. The van der Waals surface area contributed by atoms with E-state index in [2.05, 4.69) is 10.5 Å². The van der Waals surface area contributed by atoms with E-state index in [1.165, 1.54) is 6.07 Å². The molecular formula is C19H20FN3O2. The van der Waals surface area contributed by atoms with Crippen LogP contribution in [0.25, 0.3) is 0 Å². The monoisotopic (exact) mass is 341 g/mol. The minimum atomic E-state index is -0.269. The number of rotatable bonds is 3. The van der Waals surface area contributed by atoms with Crippen molar-refractivity contribution in [2.45, 2.75) is 24.8 Å². The lowest BCUT2D eigenvalue weighted by Crippen LogP contribution is -2.34. The van der Waals surface area contributed by atoms with Gasteiger partial charge in [-0.1, -0.05) is 17.3 Å². The molecule has 1 saturated carbocycles. The number of halogens is 1. The van der Waals surface area contributed by atoms with Crippen molar-refractivity contribution >= 4 is 5.91 Å². The summed E-state index contributed by atoms with van der Waals surface area (Å²) in [5.41, 5.74) is 1.73. The fraction of sp³-hybridized carbons (Fsp3) is 0.474. The molecule has 0 unspecified atom stereocenters. The molecule has 6 heteroatoms. The Kier molecular flexibility index (Phi) is 3.41. The van der Waals surface area contributed by atoms with E-state index in [-0.39, 0.29) is 17.8 Å². The van der Waals surface area contributed by atoms with E-state index >= 15 is 0 Å². The van der Waals surface area contributed by atoms with Crippen molar-refractivity contribution in [3.8, 4) is 0 Å². The van der Waals surface area contributed by atoms with Gasteiger partial charge in [-0.15, -0.1) is 0 Å². The van der Waals surface area contributed by atoms with Crippen molar-refractivity contribution in [1.29, 1.82) is 0 Å². The molecule has 5 rings (SSSR count). The van der Waals surface area contributed by atoms with Crippen LogP contribution in [0.15, 0.2) is 34.9 Å². The fourth-order valence-corrected chi connectivity index (χ4v) is 4.35. The standard InChI is InChI=1S/C19H20FN3O2/c20-14-3-1-2-12(6-14)18-15-9-21-8-13(15)10-23(18)19(24)17-7-16(22-25-17)11-4-5-11/h1-3,6-7,11,13,15,18,21H,4-5,8-10H2/t13-,15-,18-/m0/s1. The van der Waals surface area contributed by atoms with Gasteiger partial charge >= 0.3 is 0 Å². The number of carbonyl (C=O) groups excluding carboxylic acids is 1. The van der Waals surface area contributed by atoms with Crippen LogP contribution in [-0.4, -0.2) is 35.6 Å². The van der Waals surface area contributed by atoms with E-state index in [0.29, 0.717) is 30.1 Å². The molecule has 0 bridgehead atoms. The number of likely N-dealkylation sites (tertiary alicyclic amines) is 1. The number of fused-ring (bicyclic) bond motifs is 1. The van der Waals surface area contributed by atoms with Crippen LogP contribution in [0, 0.1) is 17.7 Å². The first kappa shape index (κ1) is 15.1. The molecule has 0 radical (unpaired) electrons. The first-order chi connectivity index (χ1) is 12.2. The second-order valence-corrected chi connectivity index (χ2v) is 7.43. The van der Waals surface area contributed by atoms with Gasteiger partial charge in [0.15, 0.2) is 0 Å². The molecule has 1 aromatic heterocycles. The maximum Gasteiger partial charge on any atom is 0.293 e. The summed E-state index contributed by atoms with van der Waals surface area (Å²) in [6, 6.07) is 8.26. The molecule has 2 aromatic rings. The average molecular weight is 341 g/mol. The normalized spacial score (nSPS) is 28.4. The quantitative estimate of drug-likeness (QED) is 0.933. The zero-order valence-electron chi connectivity index (χ0n) is 13.8. The van der Waals surface area contributed by atoms with Crippen LogP contribution in [-0.2, 0) is 0 Å². The number of nitrogens with zero attached hydrogens (tertiary/aromatic N) is 2. The highest BCUT2D eigenvalue weighted by Gasteiger charge is 2.47. The highest BCUT2D eigenvalue weighted by molar-refractivity contribution is 5.92. The molecule has 25 heavy (non-hydrogen) atoms. The predicted molar refractivity (Wildman–Crippen MR) is 88.5 cm³/mol. The molecule has 1 N–H and O–H groups in total. The molecule has 1 aromatic carbocycles. The maximum absolute atomic E-state index is 13.8. The van der Waals surface area contributed by atoms with Gasteiger partial charge in [-0.3, -0.25) is 4.79 Å². The zero-order valence-corrected chi connectivity index (χ0v) is 13.8. The molecule has 3 heterocycles. The number of carbonyl (C=O) groups is 1. The van der Waals surface area contributed by atoms with Crippen LogP contribution in [0.1, 0.15) is 46.6 Å². The SMILES string of the molecule is O=C(c1cc(C2CC2)no1)N1C[C@@H]2CNC[C@@H]2[C@@H]1c1cccc(F)c1. The van der Waals surface area contributed by atoms with Gasteiger partial charge in [-0.05, 0) is 36.5 Å². The van der Waals surface area contributed by atoms with Gasteiger partial charge < -0.3 is 14.7 Å². The number of aromatic nitrogens is 1. The van der Waals surface area contributed by atoms with Gasteiger partial charge in [0.2, 0.25) is 5.76 Å². The number of hydrogen-bond acceptors (Lipinski definition) is 4. The Morgan fingerprint density at radius 3 is 2.96 bits per heavy atom. The van der Waals surface area contributed by atoms with Gasteiger partial charge in [-0.2, -0.15) is 0 Å². The number of benzene rings is 1. The van der Waals surface area contributed by atoms with Crippen LogP contribution < -0.4 is 5.32 Å². The second kappa shape index (κ2) is 5.66. The summed E-state index contributed by atoms with van der Waals surface area (Å²) in [5.74, 6) is 1.04. The highest BCUT2D eigenvalue weighted by atomic mass is 19.1. The molecule has 5 nitrogen and oxygen atoms in total. The van der Waals surface area contributed by atoms with Crippen molar-refractivity contribution < 1.29 is 13.7 Å². The Balaban J connectivity index is 1.48. The van der Waals surface area contributed by atoms with Crippen LogP contribution in [0.4, 0.5) is 4.39 Å². The molecule has 3 fully saturated rings. The molecule has 2 aliphatic heterocycles. The molecule has 3 aliphatic rings. The van der Waals surface area contributed by atoms with Gasteiger partial charge in [0.05, 0.1) is 11.7 Å². The van der Waals surface area contributed by atoms with Crippen molar-refractivity contribution in [2.75, 3.05) is 19.6 Å². The maximum atomic E-state index is 13.8. The third-order valence-corrected chi connectivity index (χ3v) is 5.75. The Morgan fingerprint density at radius 2 is 2.16 bits per heavy atom. The molecule has 0 spiro atoms. The Morgan fingerprint density at radius 1 is 1.28 bits per heavy atom. The van der Waals surface area contributed by atoms with E-state index in [4.69, 9.17) is 4.52 Å². The minimum absolute atomic E-state index is 0.127. The van der Waals surface area contributed by atoms with Gasteiger partial charge in [0.25, 0.3) is 5.91 Å². The van der Waals surface area contributed by atoms with Crippen LogP contribution in [0.5, 0.6) is 0 Å². The predicted octanol–water partition coefficient (Wildman–Crippen LogP) is 2.72. The van der Waals surface area contributed by atoms with E-state index in [1.807, 2.05) is 11.0 Å². The topological polar surface area (TPSA) is 58.4 Å². The lowest BCUT2D eigenvalue weighted by molar-refractivity contribution is 0.0671. The summed E-state index contributed by atoms with van der Waals surface area (Å²) in [7, 11) is 0. The molecule has 3 atom stereocenters. The lowest BCUT2D eigenvalue weighted by Gasteiger charge is -2.27. The average Bonchev–Trinajstić information content (AvgIpc) is 3.04. The number of nitrogens with one attached hydrogen (secondary N) is 1. The molecule has 2 saturated heterocycles. The van der Waals surface area contributed by atoms with Crippen LogP contribution in [0.3, 0.4) is 0 Å². The molecular weight excluding hydrogens is 321 g/mol. The molecule has 1 amide bonds. The van der Waals surface area contributed by atoms with Crippen molar-refractivity contribution in [1.82, 2.24) is 15.4 Å². The van der Waals surface area contributed by atoms with E-state index < -0.39 is 0 Å². The van der Waals surface area contributed by atoms with Crippen molar-refractivity contribution in [3.05, 3.63) is 53.2 Å². The third kappa shape index (κ3) is 2.56. The summed E-state index contributed by atoms with van der Waals surface area (Å²) in [5, 5.41) is 7.46. The smallest absolute Gasteiger partial charge is 0.293 e. The Bertz CT molecular complexity index is 817. The van der Waals surface area contributed by atoms with E-state index in [1.54, 1.807) is 18.2 Å². The number of hydrogen-bond donors (Lipinski definition) is 1. The fourth-order valence-electron chi connectivity index (χ4n) is 4.35. The minimum Gasteiger partial charge on any atom is -0.351 e. The summed E-state index contributed by atoms with van der Waals surface area (Å²) in [6.07, 6.45) is 2.23. The zero-order chi connectivity index (χ0) is 17.0. The summed E-state index contributed by atoms with van der Waals surface area (Å²) >= 11 is 0. The van der Waals surface area contributed by atoms with Crippen LogP contribution in [0.2, 0.25) is 0 Å². The second-order valence-electron chi connectivity index (χ2n) is 7.43.